The number of aliphatic carboxylic acids is 1. The van der Waals surface area contributed by atoms with E-state index < -0.39 is 23.8 Å². The number of amides is 2. The Kier molecular flexibility index (Phi) is 5.32. The zero-order chi connectivity index (χ0) is 14.4. The second-order valence-electron chi connectivity index (χ2n) is 3.87. The topological polar surface area (TPSA) is 109 Å². The third-order valence-corrected chi connectivity index (χ3v) is 2.62. The van der Waals surface area contributed by atoms with E-state index in [0.29, 0.717) is 5.02 Å². The number of rotatable bonds is 6. The van der Waals surface area contributed by atoms with E-state index in [1.807, 2.05) is 0 Å². The number of carbonyl (C=O) groups excluding carboxylic acids is 2. The van der Waals surface area contributed by atoms with Gasteiger partial charge in [0.05, 0.1) is 0 Å². The molecule has 0 saturated heterocycles. The van der Waals surface area contributed by atoms with Crippen LogP contribution in [0.4, 0.5) is 0 Å². The summed E-state index contributed by atoms with van der Waals surface area (Å²) in [4.78, 5) is 33.4. The first kappa shape index (κ1) is 15.0. The summed E-state index contributed by atoms with van der Waals surface area (Å²) in [7, 11) is 0. The van der Waals surface area contributed by atoms with Gasteiger partial charge in [-0.25, -0.2) is 0 Å². The molecule has 19 heavy (non-hydrogen) atoms. The molecule has 0 heterocycles. The van der Waals surface area contributed by atoms with E-state index in [4.69, 9.17) is 22.4 Å². The molecular formula is C12H13ClN2O4. The Hall–Kier alpha value is -2.08. The monoisotopic (exact) mass is 284 g/mol. The molecule has 1 atom stereocenters. The Morgan fingerprint density at radius 2 is 2.05 bits per heavy atom. The zero-order valence-electron chi connectivity index (χ0n) is 9.93. The van der Waals surface area contributed by atoms with E-state index in [2.05, 4.69) is 5.32 Å². The minimum absolute atomic E-state index is 0.0586. The van der Waals surface area contributed by atoms with Crippen LogP contribution in [-0.4, -0.2) is 28.9 Å². The number of nitrogens with two attached hydrogens (primary N) is 1. The van der Waals surface area contributed by atoms with Crippen LogP contribution in [0.5, 0.6) is 0 Å². The number of primary amides is 1. The second-order valence-corrected chi connectivity index (χ2v) is 4.31. The zero-order valence-corrected chi connectivity index (χ0v) is 10.7. The lowest BCUT2D eigenvalue weighted by Gasteiger charge is -2.14. The number of carbonyl (C=O) groups is 3. The van der Waals surface area contributed by atoms with Gasteiger partial charge in [-0.1, -0.05) is 17.7 Å². The molecule has 6 nitrogen and oxygen atoms in total. The lowest BCUT2D eigenvalue weighted by atomic mass is 10.1. The number of hydrogen-bond donors (Lipinski definition) is 3. The van der Waals surface area contributed by atoms with Crippen molar-refractivity contribution in [1.29, 1.82) is 0 Å². The maximum absolute atomic E-state index is 11.8. The van der Waals surface area contributed by atoms with Crippen LogP contribution < -0.4 is 11.1 Å². The van der Waals surface area contributed by atoms with Gasteiger partial charge < -0.3 is 16.2 Å². The van der Waals surface area contributed by atoms with Crippen LogP contribution in [0.15, 0.2) is 24.3 Å². The Morgan fingerprint density at radius 3 is 2.58 bits per heavy atom. The molecule has 0 spiro atoms. The summed E-state index contributed by atoms with van der Waals surface area (Å²) in [6, 6.07) is 5.13. The van der Waals surface area contributed by atoms with Crippen molar-refractivity contribution >= 4 is 29.4 Å². The van der Waals surface area contributed by atoms with Gasteiger partial charge in [0.2, 0.25) is 5.91 Å². The van der Waals surface area contributed by atoms with Crippen molar-refractivity contribution in [3.05, 3.63) is 34.9 Å². The molecule has 2 amide bonds. The molecule has 0 radical (unpaired) electrons. The molecular weight excluding hydrogens is 272 g/mol. The molecule has 1 aromatic carbocycles. The lowest BCUT2D eigenvalue weighted by Crippen LogP contribution is -2.44. The van der Waals surface area contributed by atoms with Crippen LogP contribution in [-0.2, 0) is 9.59 Å². The van der Waals surface area contributed by atoms with Crippen LogP contribution in [0, 0.1) is 0 Å². The van der Waals surface area contributed by atoms with E-state index >= 15 is 0 Å². The summed E-state index contributed by atoms with van der Waals surface area (Å²) in [6.07, 6.45) is -0.319. The molecule has 7 heteroatoms. The van der Waals surface area contributed by atoms with Gasteiger partial charge in [-0.2, -0.15) is 0 Å². The van der Waals surface area contributed by atoms with Crippen molar-refractivity contribution in [3.63, 3.8) is 0 Å². The normalized spacial score (nSPS) is 11.6. The summed E-state index contributed by atoms with van der Waals surface area (Å²) in [5.74, 6) is -2.38. The number of carboxylic acid groups (broad SMARTS) is 1. The minimum Gasteiger partial charge on any atom is -0.481 e. The molecule has 0 aromatic heterocycles. The average molecular weight is 285 g/mol. The molecule has 0 aliphatic heterocycles. The van der Waals surface area contributed by atoms with Gasteiger partial charge in [-0.05, 0) is 24.6 Å². The first-order chi connectivity index (χ1) is 8.90. The number of halogens is 1. The van der Waals surface area contributed by atoms with Crippen LogP contribution in [0.25, 0.3) is 0 Å². The van der Waals surface area contributed by atoms with E-state index in [1.54, 1.807) is 12.1 Å². The van der Waals surface area contributed by atoms with Crippen molar-refractivity contribution in [2.45, 2.75) is 18.9 Å². The fourth-order valence-electron chi connectivity index (χ4n) is 1.42. The molecule has 0 bridgehead atoms. The summed E-state index contributed by atoms with van der Waals surface area (Å²) in [6.45, 7) is 0. The van der Waals surface area contributed by atoms with E-state index in [-0.39, 0.29) is 18.4 Å². The first-order valence-electron chi connectivity index (χ1n) is 5.47. The second kappa shape index (κ2) is 6.75. The van der Waals surface area contributed by atoms with Gasteiger partial charge in [0.1, 0.15) is 6.04 Å². The Bertz CT molecular complexity index is 504. The predicted molar refractivity (Wildman–Crippen MR) is 68.8 cm³/mol. The highest BCUT2D eigenvalue weighted by Crippen LogP contribution is 2.11. The average Bonchev–Trinajstić information content (AvgIpc) is 2.33. The summed E-state index contributed by atoms with van der Waals surface area (Å²) in [5, 5.41) is 11.3. The van der Waals surface area contributed by atoms with Crippen molar-refractivity contribution in [1.82, 2.24) is 5.32 Å². The maximum atomic E-state index is 11.8. The molecule has 102 valence electrons. The minimum atomic E-state index is -1.07. The molecule has 4 N–H and O–H groups in total. The van der Waals surface area contributed by atoms with Crippen molar-refractivity contribution in [3.8, 4) is 0 Å². The molecule has 0 saturated carbocycles. The summed E-state index contributed by atoms with van der Waals surface area (Å²) in [5.41, 5.74) is 5.38. The Morgan fingerprint density at radius 1 is 1.37 bits per heavy atom. The SMILES string of the molecule is NC(=O)[C@@H](CCC(=O)O)NC(=O)c1cccc(Cl)c1. The Labute approximate surface area is 114 Å². The van der Waals surface area contributed by atoms with Crippen LogP contribution in [0.2, 0.25) is 5.02 Å². The van der Waals surface area contributed by atoms with Gasteiger partial charge in [0.25, 0.3) is 5.91 Å². The number of nitrogens with one attached hydrogen (secondary N) is 1. The van der Waals surface area contributed by atoms with Crippen LogP contribution >= 0.6 is 11.6 Å². The van der Waals surface area contributed by atoms with Crippen molar-refractivity contribution in [2.24, 2.45) is 5.73 Å². The quantitative estimate of drug-likeness (QED) is 0.717. The smallest absolute Gasteiger partial charge is 0.303 e. The predicted octanol–water partition coefficient (Wildman–Crippen LogP) is 0.788. The molecule has 0 fully saturated rings. The number of benzene rings is 1. The molecule has 1 rings (SSSR count). The molecule has 0 unspecified atom stereocenters. The third-order valence-electron chi connectivity index (χ3n) is 2.38. The molecule has 1 aromatic rings. The van der Waals surface area contributed by atoms with Crippen LogP contribution in [0.1, 0.15) is 23.2 Å². The van der Waals surface area contributed by atoms with Crippen molar-refractivity contribution in [2.75, 3.05) is 0 Å². The maximum Gasteiger partial charge on any atom is 0.303 e. The van der Waals surface area contributed by atoms with E-state index in [1.165, 1.54) is 12.1 Å². The van der Waals surface area contributed by atoms with Gasteiger partial charge in [0, 0.05) is 17.0 Å². The summed E-state index contributed by atoms with van der Waals surface area (Å²) >= 11 is 5.74. The van der Waals surface area contributed by atoms with Gasteiger partial charge in [-0.3, -0.25) is 14.4 Å². The van der Waals surface area contributed by atoms with Gasteiger partial charge >= 0.3 is 5.97 Å². The first-order valence-corrected chi connectivity index (χ1v) is 5.85. The highest BCUT2D eigenvalue weighted by molar-refractivity contribution is 6.31. The number of carboxylic acids is 1. The Balaban J connectivity index is 2.71. The largest absolute Gasteiger partial charge is 0.481 e. The van der Waals surface area contributed by atoms with Crippen molar-refractivity contribution < 1.29 is 19.5 Å². The van der Waals surface area contributed by atoms with Gasteiger partial charge in [0.15, 0.2) is 0 Å². The van der Waals surface area contributed by atoms with Gasteiger partial charge in [-0.15, -0.1) is 0 Å². The fraction of sp³-hybridized carbons (Fsp3) is 0.250. The fourth-order valence-corrected chi connectivity index (χ4v) is 1.61. The summed E-state index contributed by atoms with van der Waals surface area (Å²) < 4.78 is 0. The van der Waals surface area contributed by atoms with E-state index in [9.17, 15) is 14.4 Å². The third kappa shape index (κ3) is 4.97. The van der Waals surface area contributed by atoms with Crippen LogP contribution in [0.3, 0.4) is 0 Å². The number of hydrogen-bond acceptors (Lipinski definition) is 3. The highest BCUT2D eigenvalue weighted by atomic mass is 35.5. The van der Waals surface area contributed by atoms with E-state index in [0.717, 1.165) is 0 Å². The lowest BCUT2D eigenvalue weighted by molar-refractivity contribution is -0.137. The highest BCUT2D eigenvalue weighted by Gasteiger charge is 2.19. The molecule has 0 aliphatic rings. The molecule has 0 aliphatic carbocycles. The standard InChI is InChI=1S/C12H13ClN2O4/c13-8-3-1-2-7(6-8)12(19)15-9(11(14)18)4-5-10(16)17/h1-3,6,9H,4-5H2,(H2,14,18)(H,15,19)(H,16,17)/t9-/m1/s1.